The van der Waals surface area contributed by atoms with E-state index in [1.807, 2.05) is 39.0 Å². The third kappa shape index (κ3) is 5.05. The molecule has 0 aliphatic carbocycles. The molecule has 0 aliphatic heterocycles. The highest BCUT2D eigenvalue weighted by Gasteiger charge is 2.28. The van der Waals surface area contributed by atoms with E-state index in [1.54, 1.807) is 13.8 Å². The molecule has 0 saturated heterocycles. The molecule has 1 aromatic rings. The van der Waals surface area contributed by atoms with E-state index in [4.69, 9.17) is 9.47 Å². The second-order valence-electron chi connectivity index (χ2n) is 5.71. The zero-order valence-corrected chi connectivity index (χ0v) is 13.9. The number of nitrogens with one attached hydrogen (secondary N) is 1. The molecule has 0 aliphatic rings. The predicted molar refractivity (Wildman–Crippen MR) is 85.9 cm³/mol. The maximum absolute atomic E-state index is 12.2. The van der Waals surface area contributed by atoms with E-state index >= 15 is 0 Å². The first kappa shape index (κ1) is 17.5. The van der Waals surface area contributed by atoms with Crippen LogP contribution in [0, 0.1) is 6.92 Å². The molecule has 0 saturated carbocycles. The number of hydrogen-bond donors (Lipinski definition) is 1. The van der Waals surface area contributed by atoms with Gasteiger partial charge in [-0.2, -0.15) is 0 Å². The standard InChI is InChI=1S/C17H27NO3/c1-7-13(4)21-15-10-9-14(11-12(15)3)18-16(19)17(5,6)20-8-2/h9-11,13H,7-8H2,1-6H3,(H,18,19)/t13-/m1/s1. The summed E-state index contributed by atoms with van der Waals surface area (Å²) in [4.78, 5) is 12.2. The van der Waals surface area contributed by atoms with Gasteiger partial charge in [0.05, 0.1) is 6.10 Å². The summed E-state index contributed by atoms with van der Waals surface area (Å²) < 4.78 is 11.3. The van der Waals surface area contributed by atoms with Crippen molar-refractivity contribution in [3.8, 4) is 5.75 Å². The second-order valence-corrected chi connectivity index (χ2v) is 5.71. The topological polar surface area (TPSA) is 47.6 Å². The first-order valence-electron chi connectivity index (χ1n) is 7.52. The summed E-state index contributed by atoms with van der Waals surface area (Å²) in [7, 11) is 0. The third-order valence-corrected chi connectivity index (χ3v) is 3.39. The highest BCUT2D eigenvalue weighted by molar-refractivity contribution is 5.96. The van der Waals surface area contributed by atoms with Gasteiger partial charge < -0.3 is 14.8 Å². The smallest absolute Gasteiger partial charge is 0.256 e. The Balaban J connectivity index is 2.78. The minimum Gasteiger partial charge on any atom is -0.490 e. The molecule has 0 bridgehead atoms. The number of amides is 1. The first-order chi connectivity index (χ1) is 9.80. The van der Waals surface area contributed by atoms with Crippen LogP contribution in [0.3, 0.4) is 0 Å². The monoisotopic (exact) mass is 293 g/mol. The van der Waals surface area contributed by atoms with Crippen LogP contribution in [0.15, 0.2) is 18.2 Å². The minimum atomic E-state index is -0.839. The summed E-state index contributed by atoms with van der Waals surface area (Å²) in [6, 6.07) is 5.66. The van der Waals surface area contributed by atoms with Crippen molar-refractivity contribution in [2.24, 2.45) is 0 Å². The second kappa shape index (κ2) is 7.46. The largest absolute Gasteiger partial charge is 0.490 e. The molecule has 1 atom stereocenters. The van der Waals surface area contributed by atoms with E-state index in [0.717, 1.165) is 23.4 Å². The molecule has 1 rings (SSSR count). The lowest BCUT2D eigenvalue weighted by Gasteiger charge is -2.23. The van der Waals surface area contributed by atoms with Gasteiger partial charge in [-0.3, -0.25) is 4.79 Å². The zero-order chi connectivity index (χ0) is 16.0. The van der Waals surface area contributed by atoms with Crippen LogP contribution in [0.25, 0.3) is 0 Å². The number of hydrogen-bond acceptors (Lipinski definition) is 3. The fourth-order valence-corrected chi connectivity index (χ4v) is 1.87. The molecule has 0 radical (unpaired) electrons. The Morgan fingerprint density at radius 2 is 2.00 bits per heavy atom. The SMILES string of the molecule is CCOC(C)(C)C(=O)Nc1ccc(O[C@H](C)CC)c(C)c1. The van der Waals surface area contributed by atoms with Crippen molar-refractivity contribution in [1.29, 1.82) is 0 Å². The number of carbonyl (C=O) groups is 1. The Bertz CT molecular complexity index is 483. The van der Waals surface area contributed by atoms with Gasteiger partial charge in [0.2, 0.25) is 0 Å². The van der Waals surface area contributed by atoms with E-state index in [9.17, 15) is 4.79 Å². The molecule has 4 nitrogen and oxygen atoms in total. The van der Waals surface area contributed by atoms with Crippen LogP contribution in [0.5, 0.6) is 5.75 Å². The van der Waals surface area contributed by atoms with Crippen LogP contribution < -0.4 is 10.1 Å². The molecule has 0 fully saturated rings. The number of benzene rings is 1. The molecule has 0 heterocycles. The number of carbonyl (C=O) groups excluding carboxylic acids is 1. The summed E-state index contributed by atoms with van der Waals surface area (Å²) in [5.41, 5.74) is 0.915. The van der Waals surface area contributed by atoms with Crippen LogP contribution >= 0.6 is 0 Å². The van der Waals surface area contributed by atoms with Crippen LogP contribution in [0.4, 0.5) is 5.69 Å². The summed E-state index contributed by atoms with van der Waals surface area (Å²) in [6.45, 7) is 12.0. The average molecular weight is 293 g/mol. The fraction of sp³-hybridized carbons (Fsp3) is 0.588. The first-order valence-corrected chi connectivity index (χ1v) is 7.52. The molecule has 21 heavy (non-hydrogen) atoms. The van der Waals surface area contributed by atoms with Gasteiger partial charge in [0.25, 0.3) is 5.91 Å². The maximum Gasteiger partial charge on any atom is 0.256 e. The lowest BCUT2D eigenvalue weighted by molar-refractivity contribution is -0.136. The zero-order valence-electron chi connectivity index (χ0n) is 13.9. The van der Waals surface area contributed by atoms with Gasteiger partial charge in [-0.05, 0) is 64.8 Å². The Morgan fingerprint density at radius 1 is 1.33 bits per heavy atom. The minimum absolute atomic E-state index is 0.153. The van der Waals surface area contributed by atoms with Gasteiger partial charge in [-0.15, -0.1) is 0 Å². The van der Waals surface area contributed by atoms with Gasteiger partial charge in [0, 0.05) is 12.3 Å². The van der Waals surface area contributed by atoms with E-state index in [0.29, 0.717) is 6.61 Å². The predicted octanol–water partition coefficient (Wildman–Crippen LogP) is 3.93. The normalized spacial score (nSPS) is 12.9. The molecule has 1 amide bonds. The summed E-state index contributed by atoms with van der Waals surface area (Å²) >= 11 is 0. The van der Waals surface area contributed by atoms with Gasteiger partial charge in [0.15, 0.2) is 0 Å². The molecule has 0 spiro atoms. The van der Waals surface area contributed by atoms with Gasteiger partial charge >= 0.3 is 0 Å². The van der Waals surface area contributed by atoms with Gasteiger partial charge in [-0.1, -0.05) is 6.92 Å². The summed E-state index contributed by atoms with van der Waals surface area (Å²) in [5.74, 6) is 0.700. The molecule has 118 valence electrons. The molecule has 1 N–H and O–H groups in total. The van der Waals surface area contributed by atoms with Crippen LogP contribution in [-0.4, -0.2) is 24.2 Å². The highest BCUT2D eigenvalue weighted by atomic mass is 16.5. The Kier molecular flexibility index (Phi) is 6.21. The van der Waals surface area contributed by atoms with Crippen molar-refractivity contribution in [3.05, 3.63) is 23.8 Å². The van der Waals surface area contributed by atoms with Crippen LogP contribution in [0.1, 0.15) is 46.6 Å². The maximum atomic E-state index is 12.2. The van der Waals surface area contributed by atoms with Crippen molar-refractivity contribution in [3.63, 3.8) is 0 Å². The molecular formula is C17H27NO3. The molecular weight excluding hydrogens is 266 g/mol. The van der Waals surface area contributed by atoms with Crippen molar-refractivity contribution < 1.29 is 14.3 Å². The highest BCUT2D eigenvalue weighted by Crippen LogP contribution is 2.24. The van der Waals surface area contributed by atoms with Crippen molar-refractivity contribution in [1.82, 2.24) is 0 Å². The van der Waals surface area contributed by atoms with E-state index in [2.05, 4.69) is 12.2 Å². The summed E-state index contributed by atoms with van der Waals surface area (Å²) in [5, 5.41) is 2.88. The molecule has 1 aromatic carbocycles. The lowest BCUT2D eigenvalue weighted by atomic mass is 10.1. The van der Waals surface area contributed by atoms with Crippen molar-refractivity contribution >= 4 is 11.6 Å². The quantitative estimate of drug-likeness (QED) is 0.828. The van der Waals surface area contributed by atoms with Crippen LogP contribution in [0.2, 0.25) is 0 Å². The summed E-state index contributed by atoms with van der Waals surface area (Å²) in [6.07, 6.45) is 1.14. The number of aryl methyl sites for hydroxylation is 1. The number of rotatable bonds is 7. The fourth-order valence-electron chi connectivity index (χ4n) is 1.87. The average Bonchev–Trinajstić information content (AvgIpc) is 2.41. The Hall–Kier alpha value is -1.55. The van der Waals surface area contributed by atoms with E-state index in [1.165, 1.54) is 0 Å². The number of ether oxygens (including phenoxy) is 2. The molecule has 4 heteroatoms. The van der Waals surface area contributed by atoms with E-state index in [-0.39, 0.29) is 12.0 Å². The Labute approximate surface area is 127 Å². The number of anilines is 1. The Morgan fingerprint density at radius 3 is 2.52 bits per heavy atom. The van der Waals surface area contributed by atoms with E-state index < -0.39 is 5.60 Å². The van der Waals surface area contributed by atoms with Crippen molar-refractivity contribution in [2.45, 2.75) is 59.7 Å². The van der Waals surface area contributed by atoms with Gasteiger partial charge in [0.1, 0.15) is 11.4 Å². The van der Waals surface area contributed by atoms with Gasteiger partial charge in [-0.25, -0.2) is 0 Å². The molecule has 0 unspecified atom stereocenters. The molecule has 0 aromatic heterocycles. The van der Waals surface area contributed by atoms with Crippen LogP contribution in [-0.2, 0) is 9.53 Å². The third-order valence-electron chi connectivity index (χ3n) is 3.39. The van der Waals surface area contributed by atoms with Crippen molar-refractivity contribution in [2.75, 3.05) is 11.9 Å². The lowest BCUT2D eigenvalue weighted by Crippen LogP contribution is -2.39.